The Morgan fingerprint density at radius 1 is 0.947 bits per heavy atom. The Bertz CT molecular complexity index is 630. The number of hydrogen-bond acceptors (Lipinski definition) is 2. The highest BCUT2D eigenvalue weighted by Gasteiger charge is 2.22. The normalized spacial score (nSPS) is 16.7. The number of para-hydroxylation sites is 1. The number of Topliss-reactive ketones (excluding diaryl/α,β-unsaturated/α-hetero) is 1. The lowest BCUT2D eigenvalue weighted by Crippen LogP contribution is -2.28. The molecule has 1 aliphatic carbocycles. The Morgan fingerprint density at radius 2 is 1.63 bits per heavy atom. The van der Waals surface area contributed by atoms with Gasteiger partial charge in [-0.3, -0.25) is 13.9 Å². The summed E-state index contributed by atoms with van der Waals surface area (Å²) in [4.78, 5) is 23.7. The van der Waals surface area contributed by atoms with Crippen LogP contribution in [-0.2, 0) is 4.79 Å². The van der Waals surface area contributed by atoms with E-state index >= 15 is 0 Å². The second kappa shape index (κ2) is 4.88. The Morgan fingerprint density at radius 3 is 2.32 bits per heavy atom. The second-order valence-electron chi connectivity index (χ2n) is 4.96. The molecule has 1 aromatic heterocycles. The third kappa shape index (κ3) is 2.26. The van der Waals surface area contributed by atoms with Gasteiger partial charge in [-0.1, -0.05) is 18.2 Å². The predicted molar refractivity (Wildman–Crippen MR) is 72.5 cm³/mol. The minimum Gasteiger partial charge on any atom is -0.300 e. The summed E-state index contributed by atoms with van der Waals surface area (Å²) >= 11 is 0. The summed E-state index contributed by atoms with van der Waals surface area (Å²) in [6.45, 7) is 0. The van der Waals surface area contributed by atoms with Gasteiger partial charge in [0.2, 0.25) is 0 Å². The zero-order chi connectivity index (χ0) is 13.2. The number of benzene rings is 1. The van der Waals surface area contributed by atoms with Crippen LogP contribution >= 0.6 is 0 Å². The van der Waals surface area contributed by atoms with Crippen LogP contribution in [-0.4, -0.2) is 14.9 Å². The van der Waals surface area contributed by atoms with E-state index in [4.69, 9.17) is 0 Å². The second-order valence-corrected chi connectivity index (χ2v) is 4.96. The van der Waals surface area contributed by atoms with Crippen molar-refractivity contribution in [3.8, 4) is 5.69 Å². The molecule has 0 aliphatic heterocycles. The zero-order valence-corrected chi connectivity index (χ0v) is 10.7. The molecule has 0 spiro atoms. The van der Waals surface area contributed by atoms with Crippen molar-refractivity contribution in [3.63, 3.8) is 0 Å². The molecular formula is C15H16N2O2. The first kappa shape index (κ1) is 12.0. The third-order valence-corrected chi connectivity index (χ3v) is 3.74. The van der Waals surface area contributed by atoms with Crippen molar-refractivity contribution in [3.05, 3.63) is 53.2 Å². The van der Waals surface area contributed by atoms with Crippen molar-refractivity contribution in [2.24, 2.45) is 0 Å². The summed E-state index contributed by atoms with van der Waals surface area (Å²) < 4.78 is 3.41. The minimum absolute atomic E-state index is 0.0226. The first-order chi connectivity index (χ1) is 9.25. The van der Waals surface area contributed by atoms with Crippen molar-refractivity contribution >= 4 is 5.78 Å². The SMILES string of the molecule is O=C1CCC(n2ccn(-c3ccccc3)c2=O)CC1. The first-order valence-corrected chi connectivity index (χ1v) is 6.62. The molecule has 0 bridgehead atoms. The topological polar surface area (TPSA) is 44.0 Å². The van der Waals surface area contributed by atoms with Gasteiger partial charge in [-0.15, -0.1) is 0 Å². The van der Waals surface area contributed by atoms with Crippen LogP contribution in [0.5, 0.6) is 0 Å². The standard InChI is InChI=1S/C15H16N2O2/c18-14-8-6-13(7-9-14)17-11-10-16(15(17)19)12-4-2-1-3-5-12/h1-5,10-11,13H,6-9H2. The van der Waals surface area contributed by atoms with E-state index < -0.39 is 0 Å². The number of hydrogen-bond donors (Lipinski definition) is 0. The van der Waals surface area contributed by atoms with Gasteiger partial charge in [0.1, 0.15) is 5.78 Å². The van der Waals surface area contributed by atoms with Crippen LogP contribution < -0.4 is 5.69 Å². The van der Waals surface area contributed by atoms with Gasteiger partial charge in [0.15, 0.2) is 0 Å². The summed E-state index contributed by atoms with van der Waals surface area (Å²) in [7, 11) is 0. The average molecular weight is 256 g/mol. The Hall–Kier alpha value is -2.10. The highest BCUT2D eigenvalue weighted by molar-refractivity contribution is 5.79. The minimum atomic E-state index is -0.0226. The van der Waals surface area contributed by atoms with E-state index in [2.05, 4.69) is 0 Å². The van der Waals surface area contributed by atoms with Crippen molar-refractivity contribution in [1.29, 1.82) is 0 Å². The summed E-state index contributed by atoms with van der Waals surface area (Å²) in [5.41, 5.74) is 0.851. The molecular weight excluding hydrogens is 240 g/mol. The van der Waals surface area contributed by atoms with Crippen molar-refractivity contribution in [2.75, 3.05) is 0 Å². The third-order valence-electron chi connectivity index (χ3n) is 3.74. The average Bonchev–Trinajstić information content (AvgIpc) is 2.83. The van der Waals surface area contributed by atoms with Crippen LogP contribution in [0.15, 0.2) is 47.5 Å². The fourth-order valence-corrected chi connectivity index (χ4v) is 2.66. The Balaban J connectivity index is 1.91. The molecule has 4 heteroatoms. The van der Waals surface area contributed by atoms with Gasteiger partial charge in [-0.25, -0.2) is 4.79 Å². The molecule has 0 atom stereocenters. The molecule has 1 saturated carbocycles. The first-order valence-electron chi connectivity index (χ1n) is 6.62. The molecule has 1 aromatic carbocycles. The summed E-state index contributed by atoms with van der Waals surface area (Å²) in [6, 6.07) is 9.75. The number of carbonyl (C=O) groups is 1. The Kier molecular flexibility index (Phi) is 3.07. The van der Waals surface area contributed by atoms with E-state index in [9.17, 15) is 9.59 Å². The van der Waals surface area contributed by atoms with Crippen LogP contribution in [0.1, 0.15) is 31.7 Å². The molecule has 4 nitrogen and oxygen atoms in total. The number of imidazole rings is 1. The van der Waals surface area contributed by atoms with E-state index in [1.807, 2.05) is 36.5 Å². The van der Waals surface area contributed by atoms with Gasteiger partial charge in [0.05, 0.1) is 5.69 Å². The highest BCUT2D eigenvalue weighted by Crippen LogP contribution is 2.25. The number of rotatable bonds is 2. The van der Waals surface area contributed by atoms with Gasteiger partial charge in [-0.2, -0.15) is 0 Å². The lowest BCUT2D eigenvalue weighted by Gasteiger charge is -2.21. The molecule has 0 unspecified atom stereocenters. The maximum absolute atomic E-state index is 12.4. The van der Waals surface area contributed by atoms with Crippen LogP contribution in [0.4, 0.5) is 0 Å². The molecule has 0 saturated heterocycles. The molecule has 1 aliphatic rings. The van der Waals surface area contributed by atoms with E-state index in [1.165, 1.54) is 0 Å². The fourth-order valence-electron chi connectivity index (χ4n) is 2.66. The molecule has 3 rings (SSSR count). The summed E-state index contributed by atoms with van der Waals surface area (Å²) in [6.07, 6.45) is 6.36. The smallest absolute Gasteiger partial charge is 0.300 e. The fraction of sp³-hybridized carbons (Fsp3) is 0.333. The molecule has 19 heavy (non-hydrogen) atoms. The molecule has 1 heterocycles. The summed E-state index contributed by atoms with van der Waals surface area (Å²) in [5.74, 6) is 0.312. The number of nitrogens with zero attached hydrogens (tertiary/aromatic N) is 2. The monoisotopic (exact) mass is 256 g/mol. The molecule has 2 aromatic rings. The largest absolute Gasteiger partial charge is 0.332 e. The van der Waals surface area contributed by atoms with E-state index in [1.54, 1.807) is 15.3 Å². The summed E-state index contributed by atoms with van der Waals surface area (Å²) in [5, 5.41) is 0. The van der Waals surface area contributed by atoms with Crippen molar-refractivity contribution in [1.82, 2.24) is 9.13 Å². The highest BCUT2D eigenvalue weighted by atomic mass is 16.2. The van der Waals surface area contributed by atoms with E-state index in [0.717, 1.165) is 18.5 Å². The number of aromatic nitrogens is 2. The lowest BCUT2D eigenvalue weighted by atomic mass is 9.94. The number of ketones is 1. The van der Waals surface area contributed by atoms with Gasteiger partial charge < -0.3 is 0 Å². The maximum Gasteiger partial charge on any atom is 0.332 e. The lowest BCUT2D eigenvalue weighted by molar-refractivity contribution is -0.120. The van der Waals surface area contributed by atoms with E-state index in [0.29, 0.717) is 18.6 Å². The number of carbonyl (C=O) groups excluding carboxylic acids is 1. The van der Waals surface area contributed by atoms with Crippen LogP contribution in [0.3, 0.4) is 0 Å². The molecule has 0 radical (unpaired) electrons. The molecule has 0 amide bonds. The Labute approximate surface area is 111 Å². The van der Waals surface area contributed by atoms with Gasteiger partial charge in [0.25, 0.3) is 0 Å². The van der Waals surface area contributed by atoms with Gasteiger partial charge >= 0.3 is 5.69 Å². The van der Waals surface area contributed by atoms with Crippen LogP contribution in [0.25, 0.3) is 5.69 Å². The molecule has 98 valence electrons. The predicted octanol–water partition coefficient (Wildman–Crippen LogP) is 2.32. The molecule has 0 N–H and O–H groups in total. The van der Waals surface area contributed by atoms with Crippen LogP contribution in [0, 0.1) is 0 Å². The van der Waals surface area contributed by atoms with Crippen molar-refractivity contribution in [2.45, 2.75) is 31.7 Å². The van der Waals surface area contributed by atoms with Crippen LogP contribution in [0.2, 0.25) is 0 Å². The maximum atomic E-state index is 12.4. The quantitative estimate of drug-likeness (QED) is 0.827. The molecule has 1 fully saturated rings. The van der Waals surface area contributed by atoms with Crippen molar-refractivity contribution < 1.29 is 4.79 Å². The van der Waals surface area contributed by atoms with Gasteiger partial charge in [-0.05, 0) is 25.0 Å². The zero-order valence-electron chi connectivity index (χ0n) is 10.7. The van der Waals surface area contributed by atoms with E-state index in [-0.39, 0.29) is 11.7 Å². The van der Waals surface area contributed by atoms with Gasteiger partial charge in [0, 0.05) is 31.3 Å².